The average Bonchev–Trinajstić information content (AvgIpc) is 2.44. The fourth-order valence-corrected chi connectivity index (χ4v) is 2.95. The fraction of sp³-hybridized carbons (Fsp3) is 0.294. The van der Waals surface area contributed by atoms with Crippen LogP contribution in [0.1, 0.15) is 16.7 Å². The van der Waals surface area contributed by atoms with E-state index < -0.39 is 0 Å². The fourth-order valence-electron chi connectivity index (χ4n) is 2.34. The Balaban J connectivity index is 2.13. The van der Waals surface area contributed by atoms with Crippen molar-refractivity contribution in [2.24, 2.45) is 5.92 Å². The van der Waals surface area contributed by atoms with Crippen LogP contribution < -0.4 is 0 Å². The predicted molar refractivity (Wildman–Crippen MR) is 89.3 cm³/mol. The van der Waals surface area contributed by atoms with E-state index in [-0.39, 0.29) is 0 Å². The number of halogens is 3. The molecule has 0 fully saturated rings. The normalized spacial score (nSPS) is 12.4. The summed E-state index contributed by atoms with van der Waals surface area (Å²) in [4.78, 5) is 0. The molecular formula is C17H17Cl3. The van der Waals surface area contributed by atoms with Gasteiger partial charge < -0.3 is 0 Å². The van der Waals surface area contributed by atoms with E-state index >= 15 is 0 Å². The van der Waals surface area contributed by atoms with E-state index in [0.29, 0.717) is 16.8 Å². The number of rotatable bonds is 5. The largest absolute Gasteiger partial charge is 0.126 e. The number of hydrogen-bond donors (Lipinski definition) is 0. The van der Waals surface area contributed by atoms with Crippen LogP contribution in [0.2, 0.25) is 10.0 Å². The highest BCUT2D eigenvalue weighted by Crippen LogP contribution is 2.25. The van der Waals surface area contributed by atoms with Crippen LogP contribution in [0.25, 0.3) is 0 Å². The lowest BCUT2D eigenvalue weighted by atomic mass is 9.92. The van der Waals surface area contributed by atoms with Crippen LogP contribution in [0.4, 0.5) is 0 Å². The third-order valence-electron chi connectivity index (χ3n) is 3.50. The van der Waals surface area contributed by atoms with E-state index in [1.165, 1.54) is 11.1 Å². The van der Waals surface area contributed by atoms with Crippen molar-refractivity contribution >= 4 is 34.8 Å². The third kappa shape index (κ3) is 4.15. The van der Waals surface area contributed by atoms with Crippen LogP contribution in [0, 0.1) is 12.8 Å². The Kier molecular flexibility index (Phi) is 5.77. The van der Waals surface area contributed by atoms with Crippen molar-refractivity contribution in [3.63, 3.8) is 0 Å². The van der Waals surface area contributed by atoms with Crippen molar-refractivity contribution in [2.75, 3.05) is 5.88 Å². The highest BCUT2D eigenvalue weighted by atomic mass is 35.5. The molecule has 2 aromatic rings. The van der Waals surface area contributed by atoms with E-state index in [9.17, 15) is 0 Å². The molecule has 0 N–H and O–H groups in total. The van der Waals surface area contributed by atoms with Gasteiger partial charge >= 0.3 is 0 Å². The van der Waals surface area contributed by atoms with E-state index in [0.717, 1.165) is 23.4 Å². The Labute approximate surface area is 135 Å². The molecule has 0 aliphatic heterocycles. The summed E-state index contributed by atoms with van der Waals surface area (Å²) in [5.74, 6) is 0.964. The lowest BCUT2D eigenvalue weighted by Crippen LogP contribution is -2.11. The van der Waals surface area contributed by atoms with Gasteiger partial charge in [0.25, 0.3) is 0 Å². The maximum absolute atomic E-state index is 6.23. The number of alkyl halides is 1. The van der Waals surface area contributed by atoms with Crippen molar-refractivity contribution in [1.82, 2.24) is 0 Å². The molecule has 20 heavy (non-hydrogen) atoms. The molecule has 0 spiro atoms. The Morgan fingerprint density at radius 2 is 1.65 bits per heavy atom. The van der Waals surface area contributed by atoms with E-state index in [4.69, 9.17) is 34.8 Å². The van der Waals surface area contributed by atoms with Gasteiger partial charge in [-0.05, 0) is 60.6 Å². The van der Waals surface area contributed by atoms with Crippen molar-refractivity contribution < 1.29 is 0 Å². The summed E-state index contributed by atoms with van der Waals surface area (Å²) >= 11 is 18.4. The van der Waals surface area contributed by atoms with Gasteiger partial charge in [-0.1, -0.05) is 47.5 Å². The predicted octanol–water partition coefficient (Wildman–Crippen LogP) is 5.94. The maximum atomic E-state index is 6.23. The number of hydrogen-bond acceptors (Lipinski definition) is 0. The first-order valence-corrected chi connectivity index (χ1v) is 7.93. The molecular weight excluding hydrogens is 311 g/mol. The van der Waals surface area contributed by atoms with Crippen LogP contribution in [0.3, 0.4) is 0 Å². The smallest absolute Gasteiger partial charge is 0.0439 e. The lowest BCUT2D eigenvalue weighted by Gasteiger charge is -2.16. The van der Waals surface area contributed by atoms with Gasteiger partial charge in [0.1, 0.15) is 0 Å². The maximum Gasteiger partial charge on any atom is 0.0439 e. The molecule has 0 aliphatic carbocycles. The molecule has 1 atom stereocenters. The van der Waals surface area contributed by atoms with Gasteiger partial charge in [-0.2, -0.15) is 0 Å². The quantitative estimate of drug-likeness (QED) is 0.596. The summed E-state index contributed by atoms with van der Waals surface area (Å²) in [5.41, 5.74) is 3.72. The van der Waals surface area contributed by atoms with Crippen LogP contribution in [-0.4, -0.2) is 5.88 Å². The number of benzene rings is 2. The summed E-state index contributed by atoms with van der Waals surface area (Å²) in [6, 6.07) is 14.0. The lowest BCUT2D eigenvalue weighted by molar-refractivity contribution is 0.582. The minimum atomic E-state index is 0.355. The minimum Gasteiger partial charge on any atom is -0.126 e. The van der Waals surface area contributed by atoms with Gasteiger partial charge in [0.05, 0.1) is 0 Å². The molecule has 0 aromatic heterocycles. The van der Waals surface area contributed by atoms with Crippen molar-refractivity contribution in [2.45, 2.75) is 19.8 Å². The molecule has 1 unspecified atom stereocenters. The standard InChI is InChI=1S/C17H17Cl3/c1-12-4-2-3-5-14(12)8-13(11-18)9-15-10-16(19)6-7-17(15)20/h2-7,10,13H,8-9,11H2,1H3. The molecule has 2 rings (SSSR count). The van der Waals surface area contributed by atoms with Gasteiger partial charge in [-0.15, -0.1) is 11.6 Å². The molecule has 0 radical (unpaired) electrons. The summed E-state index contributed by atoms with van der Waals surface area (Å²) in [6.07, 6.45) is 1.80. The van der Waals surface area contributed by atoms with Crippen molar-refractivity contribution in [3.05, 3.63) is 69.2 Å². The van der Waals surface area contributed by atoms with E-state index in [1.54, 1.807) is 0 Å². The van der Waals surface area contributed by atoms with E-state index in [1.807, 2.05) is 18.2 Å². The van der Waals surface area contributed by atoms with Gasteiger partial charge in [0.2, 0.25) is 0 Å². The first kappa shape index (κ1) is 15.7. The summed E-state index contributed by atoms with van der Waals surface area (Å²) in [6.45, 7) is 2.13. The Bertz CT molecular complexity index is 578. The second kappa shape index (κ2) is 7.36. The van der Waals surface area contributed by atoms with Gasteiger partial charge in [0.15, 0.2) is 0 Å². The van der Waals surface area contributed by atoms with E-state index in [2.05, 4.69) is 31.2 Å². The van der Waals surface area contributed by atoms with Crippen molar-refractivity contribution in [3.8, 4) is 0 Å². The summed E-state index contributed by atoms with van der Waals surface area (Å²) in [7, 11) is 0. The first-order chi connectivity index (χ1) is 9.60. The summed E-state index contributed by atoms with van der Waals surface area (Å²) < 4.78 is 0. The van der Waals surface area contributed by atoms with Crippen LogP contribution in [0.5, 0.6) is 0 Å². The Morgan fingerprint density at radius 3 is 2.35 bits per heavy atom. The third-order valence-corrected chi connectivity index (χ3v) is 4.54. The zero-order valence-electron chi connectivity index (χ0n) is 11.4. The zero-order valence-corrected chi connectivity index (χ0v) is 13.6. The molecule has 2 aromatic carbocycles. The van der Waals surface area contributed by atoms with Gasteiger partial charge in [0, 0.05) is 15.9 Å². The first-order valence-electron chi connectivity index (χ1n) is 6.64. The monoisotopic (exact) mass is 326 g/mol. The molecule has 0 saturated heterocycles. The molecule has 3 heteroatoms. The SMILES string of the molecule is Cc1ccccc1CC(CCl)Cc1cc(Cl)ccc1Cl. The molecule has 0 aliphatic rings. The summed E-state index contributed by atoms with van der Waals surface area (Å²) in [5, 5.41) is 1.47. The second-order valence-corrected chi connectivity index (χ2v) is 6.24. The Morgan fingerprint density at radius 1 is 0.950 bits per heavy atom. The van der Waals surface area contributed by atoms with Crippen LogP contribution >= 0.6 is 34.8 Å². The molecule has 0 nitrogen and oxygen atoms in total. The molecule has 0 bridgehead atoms. The molecule has 0 saturated carbocycles. The average molecular weight is 328 g/mol. The van der Waals surface area contributed by atoms with Gasteiger partial charge in [-0.25, -0.2) is 0 Å². The minimum absolute atomic E-state index is 0.355. The highest BCUT2D eigenvalue weighted by molar-refractivity contribution is 6.33. The molecule has 0 amide bonds. The topological polar surface area (TPSA) is 0 Å². The van der Waals surface area contributed by atoms with Gasteiger partial charge in [-0.3, -0.25) is 0 Å². The molecule has 0 heterocycles. The highest BCUT2D eigenvalue weighted by Gasteiger charge is 2.13. The zero-order chi connectivity index (χ0) is 14.5. The van der Waals surface area contributed by atoms with Crippen molar-refractivity contribution in [1.29, 1.82) is 0 Å². The van der Waals surface area contributed by atoms with Crippen LogP contribution in [0.15, 0.2) is 42.5 Å². The number of aryl methyl sites for hydroxylation is 1. The second-order valence-electron chi connectivity index (χ2n) is 5.09. The Hall–Kier alpha value is -0.690. The van der Waals surface area contributed by atoms with Crippen LogP contribution in [-0.2, 0) is 12.8 Å². The molecule has 106 valence electrons.